The second-order valence-electron chi connectivity index (χ2n) is 5.92. The summed E-state index contributed by atoms with van der Waals surface area (Å²) in [6, 6.07) is 4.84. The maximum absolute atomic E-state index is 13.3. The van der Waals surface area contributed by atoms with Crippen LogP contribution in [0.2, 0.25) is 0 Å². The summed E-state index contributed by atoms with van der Waals surface area (Å²) in [5.41, 5.74) is 0.558. The molecule has 2 atom stereocenters. The van der Waals surface area contributed by atoms with Crippen molar-refractivity contribution < 1.29 is 9.18 Å². The van der Waals surface area contributed by atoms with E-state index in [0.717, 1.165) is 19.4 Å². The Morgan fingerprint density at radius 1 is 1.20 bits per heavy atom. The zero-order chi connectivity index (χ0) is 14.1. The minimum absolute atomic E-state index is 0.0388. The van der Waals surface area contributed by atoms with E-state index in [-0.39, 0.29) is 16.6 Å². The lowest BCUT2D eigenvalue weighted by molar-refractivity contribution is 0.0390. The van der Waals surface area contributed by atoms with Crippen molar-refractivity contribution in [3.63, 3.8) is 0 Å². The highest BCUT2D eigenvalue weighted by atomic mass is 32.1. The summed E-state index contributed by atoms with van der Waals surface area (Å²) >= 11 is 4.07. The molecule has 2 fully saturated rings. The number of benzene rings is 1. The van der Waals surface area contributed by atoms with Crippen molar-refractivity contribution in [3.05, 3.63) is 29.6 Å². The van der Waals surface area contributed by atoms with Crippen LogP contribution >= 0.6 is 12.6 Å². The molecule has 0 aromatic heterocycles. The predicted molar refractivity (Wildman–Crippen MR) is 79.7 cm³/mol. The number of hydrogen-bond acceptors (Lipinski definition) is 2. The summed E-state index contributed by atoms with van der Waals surface area (Å²) in [6.45, 7) is 0.833. The second-order valence-corrected chi connectivity index (χ2v) is 6.40. The van der Waals surface area contributed by atoms with Crippen LogP contribution in [0.3, 0.4) is 0 Å². The molecule has 2 aliphatic rings. The molecule has 4 heteroatoms. The fourth-order valence-corrected chi connectivity index (χ4v) is 3.90. The average molecular weight is 293 g/mol. The predicted octanol–water partition coefficient (Wildman–Crippen LogP) is 3.91. The Labute approximate surface area is 124 Å². The van der Waals surface area contributed by atoms with Gasteiger partial charge >= 0.3 is 0 Å². The van der Waals surface area contributed by atoms with Gasteiger partial charge in [-0.25, -0.2) is 4.39 Å². The third kappa shape index (κ3) is 2.58. The molecular formula is C16H20FNOS. The summed E-state index contributed by atoms with van der Waals surface area (Å²) in [6.07, 6.45) is 7.20. The summed E-state index contributed by atoms with van der Waals surface area (Å²) < 4.78 is 13.3. The molecule has 1 amide bonds. The Morgan fingerprint density at radius 2 is 1.95 bits per heavy atom. The normalized spacial score (nSPS) is 26.2. The van der Waals surface area contributed by atoms with E-state index in [1.807, 2.05) is 4.90 Å². The van der Waals surface area contributed by atoms with Crippen molar-refractivity contribution in [1.29, 1.82) is 0 Å². The molecule has 1 saturated heterocycles. The van der Waals surface area contributed by atoms with Gasteiger partial charge in [0.1, 0.15) is 5.82 Å². The molecule has 0 N–H and O–H groups in total. The van der Waals surface area contributed by atoms with Crippen molar-refractivity contribution in [2.45, 2.75) is 49.5 Å². The van der Waals surface area contributed by atoms with Crippen LogP contribution in [0.15, 0.2) is 23.1 Å². The number of carbonyl (C=O) groups is 1. The van der Waals surface area contributed by atoms with Crippen LogP contribution in [0, 0.1) is 11.7 Å². The zero-order valence-corrected chi connectivity index (χ0v) is 12.4. The van der Waals surface area contributed by atoms with E-state index in [0.29, 0.717) is 17.5 Å². The monoisotopic (exact) mass is 293 g/mol. The lowest BCUT2D eigenvalue weighted by Crippen LogP contribution is -2.49. The fraction of sp³-hybridized carbons (Fsp3) is 0.562. The number of likely N-dealkylation sites (tertiary alicyclic amines) is 1. The number of thiol groups is 1. The number of amides is 1. The van der Waals surface area contributed by atoms with Crippen molar-refractivity contribution in [2.24, 2.45) is 5.92 Å². The summed E-state index contributed by atoms with van der Waals surface area (Å²) in [4.78, 5) is 15.0. The number of hydrogen-bond donors (Lipinski definition) is 1. The number of piperidine rings is 1. The third-order valence-corrected chi connectivity index (χ3v) is 5.04. The minimum Gasteiger partial charge on any atom is -0.335 e. The molecule has 2 unspecified atom stereocenters. The molecule has 1 aromatic carbocycles. The lowest BCUT2D eigenvalue weighted by Gasteiger charge is -2.44. The van der Waals surface area contributed by atoms with E-state index in [9.17, 15) is 9.18 Å². The number of halogens is 1. The van der Waals surface area contributed by atoms with Gasteiger partial charge in [0.2, 0.25) is 0 Å². The second kappa shape index (κ2) is 5.76. The Kier molecular flexibility index (Phi) is 4.01. The Bertz CT molecular complexity index is 517. The van der Waals surface area contributed by atoms with Crippen LogP contribution in [0.25, 0.3) is 0 Å². The molecule has 1 aliphatic heterocycles. The molecule has 0 spiro atoms. The highest BCUT2D eigenvalue weighted by Crippen LogP contribution is 2.36. The van der Waals surface area contributed by atoms with Crippen LogP contribution in [-0.2, 0) is 0 Å². The molecule has 20 heavy (non-hydrogen) atoms. The van der Waals surface area contributed by atoms with Gasteiger partial charge in [-0.1, -0.05) is 12.8 Å². The van der Waals surface area contributed by atoms with Crippen LogP contribution in [0.4, 0.5) is 4.39 Å². The van der Waals surface area contributed by atoms with E-state index < -0.39 is 0 Å². The Balaban J connectivity index is 1.83. The van der Waals surface area contributed by atoms with Crippen molar-refractivity contribution in [3.8, 4) is 0 Å². The molecule has 1 heterocycles. The molecule has 0 radical (unpaired) electrons. The van der Waals surface area contributed by atoms with E-state index in [4.69, 9.17) is 0 Å². The molecule has 3 rings (SSSR count). The topological polar surface area (TPSA) is 20.3 Å². The first kappa shape index (κ1) is 13.9. The fourth-order valence-electron chi connectivity index (χ4n) is 3.69. The Hall–Kier alpha value is -1.03. The van der Waals surface area contributed by atoms with Crippen molar-refractivity contribution in [1.82, 2.24) is 4.90 Å². The lowest BCUT2D eigenvalue weighted by atomic mass is 9.78. The van der Waals surface area contributed by atoms with Crippen LogP contribution in [-0.4, -0.2) is 23.4 Å². The quantitative estimate of drug-likeness (QED) is 0.778. The van der Waals surface area contributed by atoms with Gasteiger partial charge in [0.05, 0.1) is 0 Å². The highest BCUT2D eigenvalue weighted by molar-refractivity contribution is 7.80. The maximum atomic E-state index is 13.3. The summed E-state index contributed by atoms with van der Waals surface area (Å²) in [5, 5.41) is 0. The molecule has 1 aromatic rings. The van der Waals surface area contributed by atoms with Crippen LogP contribution in [0.5, 0.6) is 0 Å². The van der Waals surface area contributed by atoms with Gasteiger partial charge in [-0.2, -0.15) is 0 Å². The molecule has 108 valence electrons. The average Bonchev–Trinajstić information content (AvgIpc) is 2.49. The smallest absolute Gasteiger partial charge is 0.254 e. The van der Waals surface area contributed by atoms with Crippen LogP contribution in [0.1, 0.15) is 48.9 Å². The van der Waals surface area contributed by atoms with E-state index in [2.05, 4.69) is 12.6 Å². The first-order valence-electron chi connectivity index (χ1n) is 7.46. The van der Waals surface area contributed by atoms with Gasteiger partial charge in [0, 0.05) is 23.0 Å². The Morgan fingerprint density at radius 3 is 2.75 bits per heavy atom. The van der Waals surface area contributed by atoms with Gasteiger partial charge in [-0.05, 0) is 49.8 Å². The largest absolute Gasteiger partial charge is 0.335 e. The number of nitrogens with zero attached hydrogens (tertiary/aromatic N) is 1. The van der Waals surface area contributed by atoms with E-state index in [1.54, 1.807) is 12.1 Å². The third-order valence-electron chi connectivity index (χ3n) is 4.70. The van der Waals surface area contributed by atoms with Gasteiger partial charge in [-0.15, -0.1) is 12.6 Å². The van der Waals surface area contributed by atoms with Crippen molar-refractivity contribution >= 4 is 18.5 Å². The molecular weight excluding hydrogens is 273 g/mol. The minimum atomic E-state index is -0.376. The summed E-state index contributed by atoms with van der Waals surface area (Å²) in [7, 11) is 0. The van der Waals surface area contributed by atoms with E-state index in [1.165, 1.54) is 31.7 Å². The summed E-state index contributed by atoms with van der Waals surface area (Å²) in [5.74, 6) is 0.327. The maximum Gasteiger partial charge on any atom is 0.254 e. The van der Waals surface area contributed by atoms with Gasteiger partial charge in [0.25, 0.3) is 5.91 Å². The van der Waals surface area contributed by atoms with Gasteiger partial charge in [-0.3, -0.25) is 4.79 Å². The number of rotatable bonds is 1. The number of fused-ring (bicyclic) bond motifs is 1. The molecule has 1 aliphatic carbocycles. The standard InChI is InChI=1S/C16H20FNOS/c17-13-8-7-12(10-15(13)20)16(19)18-9-3-5-11-4-1-2-6-14(11)18/h7-8,10-11,14,20H,1-6,9H2. The van der Waals surface area contributed by atoms with Crippen LogP contribution < -0.4 is 0 Å². The highest BCUT2D eigenvalue weighted by Gasteiger charge is 2.35. The zero-order valence-electron chi connectivity index (χ0n) is 11.5. The molecule has 0 bridgehead atoms. The SMILES string of the molecule is O=C(c1ccc(F)c(S)c1)N1CCCC2CCCCC21. The first-order valence-corrected chi connectivity index (χ1v) is 7.91. The molecule has 2 nitrogen and oxygen atoms in total. The number of carbonyl (C=O) groups excluding carboxylic acids is 1. The van der Waals surface area contributed by atoms with Gasteiger partial charge in [0.15, 0.2) is 0 Å². The van der Waals surface area contributed by atoms with Crippen molar-refractivity contribution in [2.75, 3.05) is 6.54 Å². The molecule has 1 saturated carbocycles. The first-order chi connectivity index (χ1) is 9.66. The van der Waals surface area contributed by atoms with E-state index >= 15 is 0 Å². The van der Waals surface area contributed by atoms with Gasteiger partial charge < -0.3 is 4.90 Å².